The lowest BCUT2D eigenvalue weighted by Crippen LogP contribution is -2.25. The molecule has 1 aliphatic carbocycles. The Labute approximate surface area is 112 Å². The van der Waals surface area contributed by atoms with Gasteiger partial charge in [-0.1, -0.05) is 32.9 Å². The molecule has 94 valence electrons. The lowest BCUT2D eigenvalue weighted by atomic mass is 9.79. The van der Waals surface area contributed by atoms with E-state index in [1.807, 2.05) is 13.0 Å². The van der Waals surface area contributed by atoms with E-state index < -0.39 is 0 Å². The van der Waals surface area contributed by atoms with E-state index in [1.165, 1.54) is 0 Å². The average molecular weight is 274 g/mol. The molecule has 2 nitrogen and oxygen atoms in total. The Bertz CT molecular complexity index is 456. The van der Waals surface area contributed by atoms with Crippen LogP contribution in [0.25, 0.3) is 6.08 Å². The molecule has 4 heteroatoms. The number of allylic oxidation sites excluding steroid dienone is 1. The molecule has 0 aromatic carbocycles. The second-order valence-electron chi connectivity index (χ2n) is 5.41. The number of halogens is 2. The minimum absolute atomic E-state index is 0.0113. The third kappa shape index (κ3) is 2.13. The van der Waals surface area contributed by atoms with Crippen LogP contribution >= 0.6 is 23.2 Å². The van der Waals surface area contributed by atoms with Crippen LogP contribution in [0, 0.1) is 5.41 Å². The zero-order valence-corrected chi connectivity index (χ0v) is 12.1. The molecule has 1 aliphatic rings. The Morgan fingerprint density at radius 3 is 2.47 bits per heavy atom. The summed E-state index contributed by atoms with van der Waals surface area (Å²) in [5.41, 5.74) is 2.90. The van der Waals surface area contributed by atoms with Crippen molar-refractivity contribution in [2.24, 2.45) is 5.41 Å². The maximum Gasteiger partial charge on any atom is 0.141 e. The van der Waals surface area contributed by atoms with Crippen molar-refractivity contribution in [1.82, 2.24) is 5.16 Å². The summed E-state index contributed by atoms with van der Waals surface area (Å²) in [7, 11) is 0. The zero-order valence-electron chi connectivity index (χ0n) is 10.6. The first-order valence-corrected chi connectivity index (χ1v) is 6.72. The highest BCUT2D eigenvalue weighted by molar-refractivity contribution is 6.32. The Balaban J connectivity index is 2.55. The summed E-state index contributed by atoms with van der Waals surface area (Å²) >= 11 is 12.9. The summed E-state index contributed by atoms with van der Waals surface area (Å²) in [5.74, 6) is 0.842. The van der Waals surface area contributed by atoms with Crippen molar-refractivity contribution in [3.05, 3.63) is 22.6 Å². The molecule has 0 aliphatic heterocycles. The molecule has 0 amide bonds. The van der Waals surface area contributed by atoms with Gasteiger partial charge in [0, 0.05) is 12.0 Å². The molecule has 0 spiro atoms. The highest BCUT2D eigenvalue weighted by Gasteiger charge is 2.37. The van der Waals surface area contributed by atoms with Gasteiger partial charge in [-0.05, 0) is 17.1 Å². The van der Waals surface area contributed by atoms with Crippen LogP contribution in [0.2, 0.25) is 0 Å². The average Bonchev–Trinajstić information content (AvgIpc) is 2.64. The van der Waals surface area contributed by atoms with Gasteiger partial charge in [-0.3, -0.25) is 0 Å². The molecule has 1 aromatic heterocycles. The predicted octanol–water partition coefficient (Wildman–Crippen LogP) is 4.57. The summed E-state index contributed by atoms with van der Waals surface area (Å²) in [6, 6.07) is 0. The van der Waals surface area contributed by atoms with Crippen LogP contribution in [0.5, 0.6) is 0 Å². The van der Waals surface area contributed by atoms with E-state index in [-0.39, 0.29) is 16.2 Å². The monoisotopic (exact) mass is 273 g/mol. The van der Waals surface area contributed by atoms with Gasteiger partial charge in [-0.15, -0.1) is 23.2 Å². The van der Waals surface area contributed by atoms with E-state index in [0.717, 1.165) is 29.0 Å². The molecule has 2 atom stereocenters. The smallest absolute Gasteiger partial charge is 0.141 e. The Morgan fingerprint density at radius 2 is 1.94 bits per heavy atom. The molecule has 2 rings (SSSR count). The van der Waals surface area contributed by atoms with Crippen LogP contribution in [0.3, 0.4) is 0 Å². The maximum absolute atomic E-state index is 6.46. The van der Waals surface area contributed by atoms with Crippen molar-refractivity contribution in [3.63, 3.8) is 0 Å². The molecule has 2 unspecified atom stereocenters. The lowest BCUT2D eigenvalue weighted by Gasteiger charge is -2.32. The van der Waals surface area contributed by atoms with Gasteiger partial charge in [0.25, 0.3) is 0 Å². The fourth-order valence-corrected chi connectivity index (χ4v) is 3.05. The van der Waals surface area contributed by atoms with E-state index in [4.69, 9.17) is 27.7 Å². The number of hydrogen-bond donors (Lipinski definition) is 0. The Morgan fingerprint density at radius 1 is 1.29 bits per heavy atom. The van der Waals surface area contributed by atoms with Crippen molar-refractivity contribution in [2.45, 2.75) is 44.9 Å². The molecule has 0 N–H and O–H groups in total. The molecular formula is C13H17Cl2NO. The van der Waals surface area contributed by atoms with Crippen molar-refractivity contribution < 1.29 is 4.52 Å². The van der Waals surface area contributed by atoms with Crippen LogP contribution in [-0.4, -0.2) is 10.5 Å². The summed E-state index contributed by atoms with van der Waals surface area (Å²) in [5, 5.41) is 3.62. The van der Waals surface area contributed by atoms with Crippen LogP contribution in [0.4, 0.5) is 0 Å². The predicted molar refractivity (Wildman–Crippen MR) is 71.5 cm³/mol. The number of nitrogens with zero attached hydrogens (tertiary/aromatic N) is 1. The third-order valence-electron chi connectivity index (χ3n) is 3.14. The molecule has 1 aromatic rings. The molecule has 0 saturated heterocycles. The molecule has 0 bridgehead atoms. The van der Waals surface area contributed by atoms with Crippen LogP contribution < -0.4 is 0 Å². The fraction of sp³-hybridized carbons (Fsp3) is 0.615. The first-order valence-electron chi connectivity index (χ1n) is 5.85. The quantitative estimate of drug-likeness (QED) is 0.701. The van der Waals surface area contributed by atoms with E-state index >= 15 is 0 Å². The fourth-order valence-electron chi connectivity index (χ4n) is 2.16. The molecule has 0 radical (unpaired) electrons. The van der Waals surface area contributed by atoms with Gasteiger partial charge >= 0.3 is 0 Å². The molecular weight excluding hydrogens is 257 g/mol. The summed E-state index contributed by atoms with van der Waals surface area (Å²) in [6.07, 6.45) is 2.81. The van der Waals surface area contributed by atoms with Crippen LogP contribution in [0.1, 0.15) is 50.1 Å². The third-order valence-corrected chi connectivity index (χ3v) is 4.23. The molecule has 1 heterocycles. The highest BCUT2D eigenvalue weighted by atomic mass is 35.5. The Kier molecular flexibility index (Phi) is 3.30. The topological polar surface area (TPSA) is 26.0 Å². The van der Waals surface area contributed by atoms with E-state index in [0.29, 0.717) is 0 Å². The second kappa shape index (κ2) is 4.33. The van der Waals surface area contributed by atoms with Crippen LogP contribution in [-0.2, 0) is 6.42 Å². The number of aryl methyl sites for hydroxylation is 1. The number of alkyl halides is 2. The molecule has 0 fully saturated rings. The zero-order chi connectivity index (χ0) is 12.8. The van der Waals surface area contributed by atoms with Crippen LogP contribution in [0.15, 0.2) is 10.1 Å². The van der Waals surface area contributed by atoms with E-state index in [1.54, 1.807) is 0 Å². The number of hydrogen-bond acceptors (Lipinski definition) is 2. The van der Waals surface area contributed by atoms with E-state index in [9.17, 15) is 0 Å². The molecule has 17 heavy (non-hydrogen) atoms. The van der Waals surface area contributed by atoms with Gasteiger partial charge in [0.1, 0.15) is 11.5 Å². The largest absolute Gasteiger partial charge is 0.360 e. The van der Waals surface area contributed by atoms with Gasteiger partial charge in [0.15, 0.2) is 0 Å². The highest BCUT2D eigenvalue weighted by Crippen LogP contribution is 2.46. The summed E-state index contributed by atoms with van der Waals surface area (Å²) < 4.78 is 5.31. The van der Waals surface area contributed by atoms with Gasteiger partial charge in [0.2, 0.25) is 0 Å². The Hall–Kier alpha value is -0.470. The lowest BCUT2D eigenvalue weighted by molar-refractivity contribution is 0.384. The minimum Gasteiger partial charge on any atom is -0.360 e. The first-order chi connectivity index (χ1) is 7.86. The maximum atomic E-state index is 6.46. The SMILES string of the molecule is CCc1onc2c1C(Cl)C(Cl)C(C(C)(C)C)=C2. The van der Waals surface area contributed by atoms with Gasteiger partial charge in [-0.2, -0.15) is 0 Å². The van der Waals surface area contributed by atoms with Gasteiger partial charge in [-0.25, -0.2) is 0 Å². The number of fused-ring (bicyclic) bond motifs is 1. The van der Waals surface area contributed by atoms with Gasteiger partial charge in [0.05, 0.1) is 10.8 Å². The van der Waals surface area contributed by atoms with Crippen molar-refractivity contribution >= 4 is 29.3 Å². The minimum atomic E-state index is -0.257. The van der Waals surface area contributed by atoms with Gasteiger partial charge < -0.3 is 4.52 Å². The number of aromatic nitrogens is 1. The molecule has 0 saturated carbocycles. The summed E-state index contributed by atoms with van der Waals surface area (Å²) in [4.78, 5) is 0. The van der Waals surface area contributed by atoms with Crippen molar-refractivity contribution in [1.29, 1.82) is 0 Å². The standard InChI is InChI=1S/C13H17Cl2NO/c1-5-9-10-8(16-17-9)6-7(13(2,3)4)11(14)12(10)15/h6,11-12H,5H2,1-4H3. The van der Waals surface area contributed by atoms with E-state index in [2.05, 4.69) is 25.9 Å². The first kappa shape index (κ1) is 13.0. The normalized spacial score (nSPS) is 24.5. The number of rotatable bonds is 1. The van der Waals surface area contributed by atoms with Crippen molar-refractivity contribution in [3.8, 4) is 0 Å². The second-order valence-corrected chi connectivity index (χ2v) is 6.35. The summed E-state index contributed by atoms with van der Waals surface area (Å²) in [6.45, 7) is 8.41. The van der Waals surface area contributed by atoms with Crippen molar-refractivity contribution in [2.75, 3.05) is 0 Å².